The second-order valence-electron chi connectivity index (χ2n) is 6.70. The molecule has 142 valence electrons. The van der Waals surface area contributed by atoms with Crippen LogP contribution >= 0.6 is 0 Å². The molecule has 0 aliphatic carbocycles. The molecule has 2 heterocycles. The van der Waals surface area contributed by atoms with Crippen molar-refractivity contribution < 1.29 is 14.2 Å². The number of hydrogen-bond donors (Lipinski definition) is 0. The summed E-state index contributed by atoms with van der Waals surface area (Å²) in [5.74, 6) is 1.54. The molecule has 0 unspecified atom stereocenters. The number of aromatic nitrogens is 2. The molecule has 0 bridgehead atoms. The van der Waals surface area contributed by atoms with Gasteiger partial charge in [0.1, 0.15) is 12.4 Å². The molecule has 2 aromatic carbocycles. The number of rotatable bonds is 6. The van der Waals surface area contributed by atoms with E-state index in [2.05, 4.69) is 34.3 Å². The summed E-state index contributed by atoms with van der Waals surface area (Å²) in [7, 11) is 1.70. The molecule has 0 amide bonds. The minimum atomic E-state index is 0.630. The van der Waals surface area contributed by atoms with Gasteiger partial charge in [0, 0.05) is 36.8 Å². The van der Waals surface area contributed by atoms with Crippen LogP contribution < -0.4 is 9.47 Å². The third-order valence-electron chi connectivity index (χ3n) is 4.91. The van der Waals surface area contributed by atoms with Crippen LogP contribution in [0.2, 0.25) is 0 Å². The van der Waals surface area contributed by atoms with Gasteiger partial charge in [0.2, 0.25) is 5.88 Å². The first-order valence-electron chi connectivity index (χ1n) is 9.31. The monoisotopic (exact) mass is 367 g/mol. The Labute approximate surface area is 159 Å². The smallest absolute Gasteiger partial charge is 0.233 e. The zero-order valence-electron chi connectivity index (χ0n) is 15.9. The summed E-state index contributed by atoms with van der Waals surface area (Å²) in [4.78, 5) is 2.35. The summed E-state index contributed by atoms with van der Waals surface area (Å²) in [5, 5.41) is 6.85. The lowest BCUT2D eigenvalue weighted by Crippen LogP contribution is -2.38. The number of hydrogen-bond acceptors (Lipinski definition) is 5. The fourth-order valence-electron chi connectivity index (χ4n) is 3.43. The van der Waals surface area contributed by atoms with E-state index in [1.165, 1.54) is 0 Å². The first kappa shape index (κ1) is 17.8. The number of fused-ring (bicyclic) bond motifs is 1. The summed E-state index contributed by atoms with van der Waals surface area (Å²) in [6.45, 7) is 7.11. The van der Waals surface area contributed by atoms with Crippen molar-refractivity contribution in [2.75, 3.05) is 46.6 Å². The van der Waals surface area contributed by atoms with Gasteiger partial charge in [-0.15, -0.1) is 5.10 Å². The van der Waals surface area contributed by atoms with Gasteiger partial charge in [-0.2, -0.15) is 0 Å². The van der Waals surface area contributed by atoms with E-state index in [-0.39, 0.29) is 0 Å². The van der Waals surface area contributed by atoms with Crippen LogP contribution in [0.15, 0.2) is 42.5 Å². The SMILES string of the molecule is COc1cccc2cc(-n3nc(OCCN4CCOCC4)cc3C)ccc12. The summed E-state index contributed by atoms with van der Waals surface area (Å²) < 4.78 is 18.6. The van der Waals surface area contributed by atoms with Gasteiger partial charge >= 0.3 is 0 Å². The highest BCUT2D eigenvalue weighted by atomic mass is 16.5. The van der Waals surface area contributed by atoms with Gasteiger partial charge in [0.05, 0.1) is 26.0 Å². The molecule has 0 atom stereocenters. The lowest BCUT2D eigenvalue weighted by Gasteiger charge is -2.26. The van der Waals surface area contributed by atoms with Crippen molar-refractivity contribution in [3.63, 3.8) is 0 Å². The third-order valence-corrected chi connectivity index (χ3v) is 4.91. The summed E-state index contributed by atoms with van der Waals surface area (Å²) in [6, 6.07) is 14.3. The quantitative estimate of drug-likeness (QED) is 0.670. The lowest BCUT2D eigenvalue weighted by atomic mass is 10.1. The van der Waals surface area contributed by atoms with Gasteiger partial charge in [-0.25, -0.2) is 4.68 Å². The Kier molecular flexibility index (Phi) is 5.27. The maximum Gasteiger partial charge on any atom is 0.233 e. The van der Waals surface area contributed by atoms with Crippen LogP contribution in [0.4, 0.5) is 0 Å². The lowest BCUT2D eigenvalue weighted by molar-refractivity contribution is 0.0320. The number of morpholine rings is 1. The van der Waals surface area contributed by atoms with Crippen LogP contribution in [0.1, 0.15) is 5.69 Å². The minimum Gasteiger partial charge on any atom is -0.496 e. The molecule has 0 saturated carbocycles. The van der Waals surface area contributed by atoms with Crippen LogP contribution in [-0.4, -0.2) is 61.2 Å². The molecule has 1 saturated heterocycles. The van der Waals surface area contributed by atoms with Gasteiger partial charge in [-0.1, -0.05) is 12.1 Å². The first-order valence-corrected chi connectivity index (χ1v) is 9.31. The Morgan fingerprint density at radius 2 is 1.96 bits per heavy atom. The number of benzene rings is 2. The van der Waals surface area contributed by atoms with Crippen LogP contribution in [0.25, 0.3) is 16.5 Å². The normalized spacial score (nSPS) is 15.2. The molecule has 4 rings (SSSR count). The van der Waals surface area contributed by atoms with Gasteiger partial charge in [-0.3, -0.25) is 4.90 Å². The molecule has 1 aliphatic rings. The number of ether oxygens (including phenoxy) is 3. The highest BCUT2D eigenvalue weighted by molar-refractivity contribution is 5.89. The molecule has 6 heteroatoms. The van der Waals surface area contributed by atoms with Crippen molar-refractivity contribution >= 4 is 10.8 Å². The topological polar surface area (TPSA) is 48.8 Å². The van der Waals surface area contributed by atoms with E-state index in [4.69, 9.17) is 14.2 Å². The minimum absolute atomic E-state index is 0.630. The van der Waals surface area contributed by atoms with E-state index in [0.717, 1.165) is 60.8 Å². The molecule has 0 N–H and O–H groups in total. The van der Waals surface area contributed by atoms with E-state index in [0.29, 0.717) is 12.5 Å². The van der Waals surface area contributed by atoms with Crippen LogP contribution in [0.3, 0.4) is 0 Å². The van der Waals surface area contributed by atoms with Crippen molar-refractivity contribution in [3.8, 4) is 17.3 Å². The van der Waals surface area contributed by atoms with Crippen molar-refractivity contribution in [3.05, 3.63) is 48.2 Å². The van der Waals surface area contributed by atoms with E-state index in [1.54, 1.807) is 7.11 Å². The summed E-state index contributed by atoms with van der Waals surface area (Å²) in [5.41, 5.74) is 2.05. The summed E-state index contributed by atoms with van der Waals surface area (Å²) in [6.07, 6.45) is 0. The molecule has 1 aromatic heterocycles. The van der Waals surface area contributed by atoms with Crippen LogP contribution in [-0.2, 0) is 4.74 Å². The molecule has 6 nitrogen and oxygen atoms in total. The summed E-state index contributed by atoms with van der Waals surface area (Å²) >= 11 is 0. The zero-order chi connectivity index (χ0) is 18.6. The molecule has 1 aliphatic heterocycles. The van der Waals surface area contributed by atoms with Crippen molar-refractivity contribution in [2.45, 2.75) is 6.92 Å². The van der Waals surface area contributed by atoms with Crippen molar-refractivity contribution in [1.29, 1.82) is 0 Å². The molecular formula is C21H25N3O3. The zero-order valence-corrected chi connectivity index (χ0v) is 15.9. The van der Waals surface area contributed by atoms with E-state index in [1.807, 2.05) is 29.8 Å². The Morgan fingerprint density at radius 1 is 1.11 bits per heavy atom. The van der Waals surface area contributed by atoms with Gasteiger partial charge < -0.3 is 14.2 Å². The number of nitrogens with zero attached hydrogens (tertiary/aromatic N) is 3. The Hall–Kier alpha value is -2.57. The third kappa shape index (κ3) is 3.91. The molecule has 27 heavy (non-hydrogen) atoms. The molecule has 3 aromatic rings. The Bertz CT molecular complexity index is 916. The average Bonchev–Trinajstić information content (AvgIpc) is 3.08. The van der Waals surface area contributed by atoms with Crippen LogP contribution in [0.5, 0.6) is 11.6 Å². The first-order chi connectivity index (χ1) is 13.2. The second kappa shape index (κ2) is 7.98. The predicted molar refractivity (Wildman–Crippen MR) is 105 cm³/mol. The van der Waals surface area contributed by atoms with E-state index < -0.39 is 0 Å². The Balaban J connectivity index is 1.48. The van der Waals surface area contributed by atoms with Gasteiger partial charge in [-0.05, 0) is 36.6 Å². The van der Waals surface area contributed by atoms with Crippen molar-refractivity contribution in [2.24, 2.45) is 0 Å². The maximum atomic E-state index is 5.88. The largest absolute Gasteiger partial charge is 0.496 e. The van der Waals surface area contributed by atoms with Gasteiger partial charge in [0.15, 0.2) is 0 Å². The average molecular weight is 367 g/mol. The molecule has 0 radical (unpaired) electrons. The highest BCUT2D eigenvalue weighted by Crippen LogP contribution is 2.28. The van der Waals surface area contributed by atoms with Crippen molar-refractivity contribution in [1.82, 2.24) is 14.7 Å². The van der Waals surface area contributed by atoms with Gasteiger partial charge in [0.25, 0.3) is 0 Å². The predicted octanol–water partition coefficient (Wildman–Crippen LogP) is 3.05. The Morgan fingerprint density at radius 3 is 2.78 bits per heavy atom. The molecule has 0 spiro atoms. The maximum absolute atomic E-state index is 5.88. The van der Waals surface area contributed by atoms with E-state index >= 15 is 0 Å². The fraction of sp³-hybridized carbons (Fsp3) is 0.381. The van der Waals surface area contributed by atoms with Crippen LogP contribution in [0, 0.1) is 6.92 Å². The van der Waals surface area contributed by atoms with E-state index in [9.17, 15) is 0 Å². The molecule has 1 fully saturated rings. The fourth-order valence-corrected chi connectivity index (χ4v) is 3.43. The standard InChI is InChI=1S/C21H25N3O3/c1-16-14-21(27-13-10-23-8-11-26-12-9-23)22-24(16)18-6-7-19-17(15-18)4-3-5-20(19)25-2/h3-7,14-15H,8-13H2,1-2H3. The number of methoxy groups -OCH3 is 1. The second-order valence-corrected chi connectivity index (χ2v) is 6.70. The number of aryl methyl sites for hydroxylation is 1. The highest BCUT2D eigenvalue weighted by Gasteiger charge is 2.12. The molecular weight excluding hydrogens is 342 g/mol.